The number of unbranched alkanes of at least 4 members (excludes halogenated alkanes) is 7. The Bertz CT molecular complexity index is 272. The van der Waals surface area contributed by atoms with Crippen molar-refractivity contribution in [1.82, 2.24) is 0 Å². The third kappa shape index (κ3) is 21.3. The second kappa shape index (κ2) is 18.9. The van der Waals surface area contributed by atoms with Crippen molar-refractivity contribution in [1.29, 1.82) is 0 Å². The van der Waals surface area contributed by atoms with Crippen molar-refractivity contribution in [2.45, 2.75) is 78.1 Å². The summed E-state index contributed by atoms with van der Waals surface area (Å²) in [6, 6.07) is 0. The van der Waals surface area contributed by atoms with Crippen LogP contribution in [-0.2, 0) is 9.53 Å². The lowest BCUT2D eigenvalue weighted by Crippen LogP contribution is -1.99. The van der Waals surface area contributed by atoms with E-state index in [1.165, 1.54) is 51.9 Å². The molecule has 0 aromatic heterocycles. The van der Waals surface area contributed by atoms with E-state index in [1.54, 1.807) is 0 Å². The van der Waals surface area contributed by atoms with Crippen LogP contribution >= 0.6 is 0 Å². The van der Waals surface area contributed by atoms with E-state index in [-0.39, 0.29) is 10.7 Å². The third-order valence-electron chi connectivity index (χ3n) is 3.13. The van der Waals surface area contributed by atoms with Crippen LogP contribution in [0.5, 0.6) is 0 Å². The molecule has 0 spiro atoms. The van der Waals surface area contributed by atoms with Crippen LogP contribution in [0.4, 0.5) is 4.70 Å². The van der Waals surface area contributed by atoms with Crippen LogP contribution in [0.1, 0.15) is 78.1 Å². The van der Waals surface area contributed by atoms with E-state index in [0.29, 0.717) is 6.61 Å². The number of ether oxygens (including phenoxy) is 1. The normalized spacial score (nSPS) is 11.0. The largest absolute Gasteiger partial charge is 0.466 e. The van der Waals surface area contributed by atoms with Crippen LogP contribution in [0.3, 0.4) is 0 Å². The molecule has 0 amide bonds. The molecule has 0 saturated carbocycles. The second-order valence-corrected chi connectivity index (χ2v) is 5.21. The molecule has 0 N–H and O–H groups in total. The fourth-order valence-corrected chi connectivity index (χ4v) is 1.92. The molecule has 0 aliphatic rings. The van der Waals surface area contributed by atoms with Gasteiger partial charge in [0.25, 0.3) is 0 Å². The van der Waals surface area contributed by atoms with E-state index < -0.39 is 0 Å². The number of carbonyl (C=O) groups is 1. The Morgan fingerprint density at radius 3 is 1.90 bits per heavy atom. The highest BCUT2D eigenvalue weighted by Crippen LogP contribution is 2.05. The molecule has 0 heterocycles. The van der Waals surface area contributed by atoms with E-state index in [4.69, 9.17) is 4.74 Å². The van der Waals surface area contributed by atoms with E-state index >= 15 is 0 Å². The summed E-state index contributed by atoms with van der Waals surface area (Å²) in [4.78, 5) is 10.5. The van der Waals surface area contributed by atoms with Crippen molar-refractivity contribution in [3.63, 3.8) is 0 Å². The average Bonchev–Trinajstić information content (AvgIpc) is 2.43. The molecule has 0 fully saturated rings. The second-order valence-electron chi connectivity index (χ2n) is 5.21. The first-order valence-corrected chi connectivity index (χ1v) is 8.20. The molecule has 0 saturated heterocycles. The molecule has 0 unspecified atom stereocenters. The minimum atomic E-state index is -0.170. The molecule has 0 aromatic rings. The Kier molecular flexibility index (Phi) is 19.9. The highest BCUT2D eigenvalue weighted by molar-refractivity contribution is 5.65. The molecule has 3 heteroatoms. The summed E-state index contributed by atoms with van der Waals surface area (Å²) >= 11 is 0. The van der Waals surface area contributed by atoms with Crippen molar-refractivity contribution in [2.75, 3.05) is 6.61 Å². The van der Waals surface area contributed by atoms with Gasteiger partial charge in [0.2, 0.25) is 0 Å². The van der Waals surface area contributed by atoms with Crippen LogP contribution in [0, 0.1) is 0 Å². The van der Waals surface area contributed by atoms with Crippen molar-refractivity contribution in [3.05, 3.63) is 24.3 Å². The van der Waals surface area contributed by atoms with Crippen molar-refractivity contribution in [2.24, 2.45) is 0 Å². The van der Waals surface area contributed by atoms with Gasteiger partial charge in [0.05, 0.1) is 6.61 Å². The lowest BCUT2D eigenvalue weighted by Gasteiger charge is -2.00. The van der Waals surface area contributed by atoms with Crippen molar-refractivity contribution in [3.8, 4) is 0 Å². The Morgan fingerprint density at radius 2 is 1.33 bits per heavy atom. The van der Waals surface area contributed by atoms with Gasteiger partial charge in [-0.2, -0.15) is 0 Å². The van der Waals surface area contributed by atoms with Gasteiger partial charge in [-0.05, 0) is 38.5 Å². The maximum absolute atomic E-state index is 10.5. The van der Waals surface area contributed by atoms with Crippen LogP contribution in [-0.4, -0.2) is 12.6 Å². The number of halogens is 1. The van der Waals surface area contributed by atoms with Crippen LogP contribution < -0.4 is 0 Å². The molecule has 2 nitrogen and oxygen atoms in total. The molecule has 21 heavy (non-hydrogen) atoms. The molecule has 0 aliphatic heterocycles. The first kappa shape index (κ1) is 22.2. The molecule has 0 atom stereocenters. The third-order valence-corrected chi connectivity index (χ3v) is 3.13. The molecule has 0 aromatic carbocycles. The quantitative estimate of drug-likeness (QED) is 0.246. The number of rotatable bonds is 13. The predicted octanol–water partition coefficient (Wildman–Crippen LogP) is 5.74. The molecular formula is C18H33FO2. The van der Waals surface area contributed by atoms with Gasteiger partial charge in [-0.25, -0.2) is 0 Å². The summed E-state index contributed by atoms with van der Waals surface area (Å²) in [5.41, 5.74) is 0. The number of allylic oxidation sites excluding steroid dienone is 4. The maximum Gasteiger partial charge on any atom is 0.302 e. The smallest absolute Gasteiger partial charge is 0.302 e. The topological polar surface area (TPSA) is 26.3 Å². The highest BCUT2D eigenvalue weighted by Gasteiger charge is 1.92. The molecule has 0 bridgehead atoms. The van der Waals surface area contributed by atoms with E-state index in [1.807, 2.05) is 0 Å². The summed E-state index contributed by atoms with van der Waals surface area (Å²) in [6.45, 7) is 4.27. The fourth-order valence-electron chi connectivity index (χ4n) is 1.92. The highest BCUT2D eigenvalue weighted by atomic mass is 19.0. The Morgan fingerprint density at radius 1 is 0.810 bits per heavy atom. The summed E-state index contributed by atoms with van der Waals surface area (Å²) in [7, 11) is 0. The Labute approximate surface area is 130 Å². The number of hydrogen-bond donors (Lipinski definition) is 0. The zero-order valence-corrected chi connectivity index (χ0v) is 13.8. The molecule has 124 valence electrons. The molecule has 0 aliphatic carbocycles. The van der Waals surface area contributed by atoms with Crippen molar-refractivity contribution >= 4 is 5.97 Å². The van der Waals surface area contributed by atoms with E-state index in [9.17, 15) is 4.79 Å². The molecule has 0 rings (SSSR count). The number of hydrogen-bond acceptors (Lipinski definition) is 2. The monoisotopic (exact) mass is 300 g/mol. The van der Waals surface area contributed by atoms with Gasteiger partial charge in [0, 0.05) is 6.92 Å². The van der Waals surface area contributed by atoms with E-state index in [2.05, 4.69) is 31.2 Å². The number of carbonyl (C=O) groups excluding carboxylic acids is 1. The van der Waals surface area contributed by atoms with Crippen LogP contribution in [0.15, 0.2) is 24.3 Å². The summed E-state index contributed by atoms with van der Waals surface area (Å²) < 4.78 is 4.89. The van der Waals surface area contributed by atoms with Gasteiger partial charge in [0.15, 0.2) is 0 Å². The van der Waals surface area contributed by atoms with Gasteiger partial charge in [-0.15, -0.1) is 0 Å². The maximum atomic E-state index is 10.5. The zero-order chi connectivity index (χ0) is 14.9. The molecular weight excluding hydrogens is 267 g/mol. The minimum Gasteiger partial charge on any atom is -0.466 e. The summed E-state index contributed by atoms with van der Waals surface area (Å²) in [6.07, 6.45) is 21.1. The average molecular weight is 300 g/mol. The van der Waals surface area contributed by atoms with Gasteiger partial charge in [-0.3, -0.25) is 9.50 Å². The first-order chi connectivity index (χ1) is 9.77. The summed E-state index contributed by atoms with van der Waals surface area (Å²) in [5, 5.41) is 0. The number of esters is 1. The SMILES string of the molecule is CCCCC=CCCC=CCCCCCCOC(C)=O.F. The van der Waals surface area contributed by atoms with Crippen molar-refractivity contribution < 1.29 is 14.2 Å². The lowest BCUT2D eigenvalue weighted by atomic mass is 10.1. The van der Waals surface area contributed by atoms with Crippen LogP contribution in [0.2, 0.25) is 0 Å². The fraction of sp³-hybridized carbons (Fsp3) is 0.722. The predicted molar refractivity (Wildman–Crippen MR) is 89.3 cm³/mol. The van der Waals surface area contributed by atoms with E-state index in [0.717, 1.165) is 19.3 Å². The van der Waals surface area contributed by atoms with Gasteiger partial charge in [-0.1, -0.05) is 56.9 Å². The minimum absolute atomic E-state index is 0. The van der Waals surface area contributed by atoms with Gasteiger partial charge < -0.3 is 4.74 Å². The zero-order valence-electron chi connectivity index (χ0n) is 13.8. The Balaban J connectivity index is 0. The van der Waals surface area contributed by atoms with Gasteiger partial charge in [0.1, 0.15) is 0 Å². The standard InChI is InChI=1S/C18H32O2.FH/c1-3-4-5-6-7-8-9-10-11-12-13-14-15-16-17-20-18(2)19;/h6-7,10-11H,3-5,8-9,12-17H2,1-2H3;1H. The lowest BCUT2D eigenvalue weighted by molar-refractivity contribution is -0.141. The Hall–Kier alpha value is -1.12. The summed E-state index contributed by atoms with van der Waals surface area (Å²) in [5.74, 6) is -0.170. The van der Waals surface area contributed by atoms with Crippen LogP contribution in [0.25, 0.3) is 0 Å². The molecule has 0 radical (unpaired) electrons. The van der Waals surface area contributed by atoms with Gasteiger partial charge >= 0.3 is 5.97 Å². The first-order valence-electron chi connectivity index (χ1n) is 8.20.